The van der Waals surface area contributed by atoms with Gasteiger partial charge in [-0.15, -0.1) is 0 Å². The number of nitrogens with zero attached hydrogens (tertiary/aromatic N) is 1. The lowest BCUT2D eigenvalue weighted by Gasteiger charge is -2.38. The standard InChI is InChI=1S/C17H26N2/c1-13-6-4-7-14(12-13)19-11-5-9-16(18)15-8-2-3-10-17(15)19/h2-3,8,10,13-14,16H,4-7,9,11-12,18H2,1H3. The minimum absolute atomic E-state index is 0.224. The molecule has 3 unspecified atom stereocenters. The van der Waals surface area contributed by atoms with Crippen molar-refractivity contribution in [1.29, 1.82) is 0 Å². The van der Waals surface area contributed by atoms with Gasteiger partial charge < -0.3 is 10.6 Å². The Morgan fingerprint density at radius 3 is 2.79 bits per heavy atom. The highest BCUT2D eigenvalue weighted by Crippen LogP contribution is 2.36. The molecule has 0 amide bonds. The van der Waals surface area contributed by atoms with Crippen LogP contribution in [0.3, 0.4) is 0 Å². The van der Waals surface area contributed by atoms with Gasteiger partial charge in [0.25, 0.3) is 0 Å². The fraction of sp³-hybridized carbons (Fsp3) is 0.647. The monoisotopic (exact) mass is 258 g/mol. The predicted octanol–water partition coefficient (Wildman–Crippen LogP) is 3.87. The molecule has 1 aliphatic heterocycles. The third-order valence-electron chi connectivity index (χ3n) is 4.91. The van der Waals surface area contributed by atoms with E-state index in [1.54, 1.807) is 0 Å². The van der Waals surface area contributed by atoms with Crippen LogP contribution in [0.2, 0.25) is 0 Å². The van der Waals surface area contributed by atoms with E-state index in [2.05, 4.69) is 36.1 Å². The van der Waals surface area contributed by atoms with Crippen molar-refractivity contribution >= 4 is 5.69 Å². The maximum atomic E-state index is 6.34. The van der Waals surface area contributed by atoms with E-state index < -0.39 is 0 Å². The Morgan fingerprint density at radius 2 is 1.95 bits per heavy atom. The Labute approximate surface area is 117 Å². The lowest BCUT2D eigenvalue weighted by molar-refractivity contribution is 0.329. The Balaban J connectivity index is 1.90. The number of nitrogens with two attached hydrogens (primary N) is 1. The molecular formula is C17H26N2. The van der Waals surface area contributed by atoms with Gasteiger partial charge in [0.2, 0.25) is 0 Å². The second kappa shape index (κ2) is 5.54. The quantitative estimate of drug-likeness (QED) is 0.828. The largest absolute Gasteiger partial charge is 0.368 e. The van der Waals surface area contributed by atoms with Crippen LogP contribution in [0.1, 0.15) is 57.1 Å². The van der Waals surface area contributed by atoms with Crippen molar-refractivity contribution < 1.29 is 0 Å². The van der Waals surface area contributed by atoms with E-state index in [1.807, 2.05) is 0 Å². The molecule has 2 nitrogen and oxygen atoms in total. The van der Waals surface area contributed by atoms with Crippen LogP contribution < -0.4 is 10.6 Å². The molecule has 2 aliphatic rings. The maximum Gasteiger partial charge on any atom is 0.0417 e. The van der Waals surface area contributed by atoms with E-state index in [0.29, 0.717) is 0 Å². The van der Waals surface area contributed by atoms with Gasteiger partial charge in [-0.3, -0.25) is 0 Å². The third kappa shape index (κ3) is 2.64. The zero-order chi connectivity index (χ0) is 13.2. The van der Waals surface area contributed by atoms with Gasteiger partial charge in [0.05, 0.1) is 0 Å². The van der Waals surface area contributed by atoms with Gasteiger partial charge in [-0.2, -0.15) is 0 Å². The van der Waals surface area contributed by atoms with Crippen LogP contribution in [-0.4, -0.2) is 12.6 Å². The molecule has 0 saturated heterocycles. The average Bonchev–Trinajstić information content (AvgIpc) is 2.59. The summed E-state index contributed by atoms with van der Waals surface area (Å²) in [6, 6.07) is 9.75. The zero-order valence-corrected chi connectivity index (χ0v) is 12.0. The molecule has 19 heavy (non-hydrogen) atoms. The van der Waals surface area contributed by atoms with Gasteiger partial charge in [0, 0.05) is 24.3 Å². The molecule has 1 aliphatic carbocycles. The summed E-state index contributed by atoms with van der Waals surface area (Å²) in [5.41, 5.74) is 9.11. The maximum absolute atomic E-state index is 6.34. The molecule has 0 bridgehead atoms. The minimum atomic E-state index is 0.224. The Hall–Kier alpha value is -1.02. The molecule has 104 valence electrons. The predicted molar refractivity (Wildman–Crippen MR) is 81.4 cm³/mol. The van der Waals surface area contributed by atoms with Gasteiger partial charge in [-0.1, -0.05) is 38.0 Å². The van der Waals surface area contributed by atoms with Crippen molar-refractivity contribution in [3.05, 3.63) is 29.8 Å². The Bertz CT molecular complexity index is 429. The average molecular weight is 258 g/mol. The summed E-state index contributed by atoms with van der Waals surface area (Å²) in [5.74, 6) is 0.878. The lowest BCUT2D eigenvalue weighted by Crippen LogP contribution is -2.39. The van der Waals surface area contributed by atoms with E-state index >= 15 is 0 Å². The number of rotatable bonds is 1. The van der Waals surface area contributed by atoms with Crippen LogP contribution in [0.25, 0.3) is 0 Å². The van der Waals surface area contributed by atoms with E-state index in [4.69, 9.17) is 5.73 Å². The molecule has 2 heteroatoms. The second-order valence-electron chi connectivity index (χ2n) is 6.43. The highest BCUT2D eigenvalue weighted by atomic mass is 15.2. The molecule has 3 atom stereocenters. The second-order valence-corrected chi connectivity index (χ2v) is 6.43. The van der Waals surface area contributed by atoms with Crippen LogP contribution in [0.4, 0.5) is 5.69 Å². The van der Waals surface area contributed by atoms with Crippen molar-refractivity contribution in [3.63, 3.8) is 0 Å². The molecule has 2 N–H and O–H groups in total. The topological polar surface area (TPSA) is 29.3 Å². The molecule has 1 saturated carbocycles. The van der Waals surface area contributed by atoms with Crippen molar-refractivity contribution in [2.75, 3.05) is 11.4 Å². The van der Waals surface area contributed by atoms with Crippen molar-refractivity contribution in [2.45, 2.75) is 57.5 Å². The van der Waals surface area contributed by atoms with Crippen molar-refractivity contribution in [1.82, 2.24) is 0 Å². The fourth-order valence-corrected chi connectivity index (χ4v) is 3.88. The molecule has 3 rings (SSSR count). The smallest absolute Gasteiger partial charge is 0.0417 e. The molecule has 1 aromatic carbocycles. The van der Waals surface area contributed by atoms with E-state index in [-0.39, 0.29) is 6.04 Å². The summed E-state index contributed by atoms with van der Waals surface area (Å²) in [6.07, 6.45) is 7.84. The van der Waals surface area contributed by atoms with Gasteiger partial charge in [-0.05, 0) is 43.2 Å². The van der Waals surface area contributed by atoms with Crippen molar-refractivity contribution in [2.24, 2.45) is 11.7 Å². The zero-order valence-electron chi connectivity index (χ0n) is 12.0. The van der Waals surface area contributed by atoms with E-state index in [0.717, 1.165) is 18.4 Å². The first kappa shape index (κ1) is 13.0. The summed E-state index contributed by atoms with van der Waals surface area (Å²) >= 11 is 0. The number of benzene rings is 1. The van der Waals surface area contributed by atoms with Crippen LogP contribution in [0.15, 0.2) is 24.3 Å². The number of anilines is 1. The minimum Gasteiger partial charge on any atom is -0.368 e. The number of hydrogen-bond donors (Lipinski definition) is 1. The first-order valence-electron chi connectivity index (χ1n) is 7.87. The van der Waals surface area contributed by atoms with Crippen LogP contribution in [0.5, 0.6) is 0 Å². The van der Waals surface area contributed by atoms with Gasteiger partial charge in [0.15, 0.2) is 0 Å². The molecule has 1 aromatic rings. The third-order valence-corrected chi connectivity index (χ3v) is 4.91. The highest BCUT2D eigenvalue weighted by molar-refractivity contribution is 5.56. The summed E-state index contributed by atoms with van der Waals surface area (Å²) in [5, 5.41) is 0. The van der Waals surface area contributed by atoms with Gasteiger partial charge in [-0.25, -0.2) is 0 Å². The number of hydrogen-bond acceptors (Lipinski definition) is 2. The van der Waals surface area contributed by atoms with Crippen LogP contribution in [-0.2, 0) is 0 Å². The Kier molecular flexibility index (Phi) is 3.79. The number of fused-ring (bicyclic) bond motifs is 1. The first-order chi connectivity index (χ1) is 9.25. The fourth-order valence-electron chi connectivity index (χ4n) is 3.88. The normalized spacial score (nSPS) is 31.7. The molecular weight excluding hydrogens is 232 g/mol. The van der Waals surface area contributed by atoms with Gasteiger partial charge in [0.1, 0.15) is 0 Å². The summed E-state index contributed by atoms with van der Waals surface area (Å²) in [6.45, 7) is 3.59. The van der Waals surface area contributed by atoms with Crippen LogP contribution >= 0.6 is 0 Å². The van der Waals surface area contributed by atoms with E-state index in [1.165, 1.54) is 49.9 Å². The summed E-state index contributed by atoms with van der Waals surface area (Å²) in [4.78, 5) is 2.66. The first-order valence-corrected chi connectivity index (χ1v) is 7.87. The lowest BCUT2D eigenvalue weighted by atomic mass is 9.86. The summed E-state index contributed by atoms with van der Waals surface area (Å²) < 4.78 is 0. The molecule has 0 radical (unpaired) electrons. The molecule has 0 spiro atoms. The van der Waals surface area contributed by atoms with Crippen molar-refractivity contribution in [3.8, 4) is 0 Å². The van der Waals surface area contributed by atoms with E-state index in [9.17, 15) is 0 Å². The molecule has 1 fully saturated rings. The van der Waals surface area contributed by atoms with Gasteiger partial charge >= 0.3 is 0 Å². The molecule has 0 aromatic heterocycles. The molecule has 1 heterocycles. The summed E-state index contributed by atoms with van der Waals surface area (Å²) in [7, 11) is 0. The SMILES string of the molecule is CC1CCCC(N2CCCC(N)c3ccccc32)C1. The highest BCUT2D eigenvalue weighted by Gasteiger charge is 2.28. The Morgan fingerprint density at radius 1 is 1.11 bits per heavy atom. The number of para-hydroxylation sites is 1. The van der Waals surface area contributed by atoms with Crippen LogP contribution in [0, 0.1) is 5.92 Å².